The number of hydrogen-bond donors (Lipinski definition) is 0. The Morgan fingerprint density at radius 3 is 2.61 bits per heavy atom. The van der Waals surface area contributed by atoms with Crippen molar-refractivity contribution < 1.29 is 23.7 Å². The van der Waals surface area contributed by atoms with E-state index in [9.17, 15) is 4.79 Å². The second kappa shape index (κ2) is 8.42. The van der Waals surface area contributed by atoms with E-state index in [0.29, 0.717) is 39.5 Å². The number of rotatable bonds is 7. The maximum absolute atomic E-state index is 11.6. The molecule has 0 spiro atoms. The quantitative estimate of drug-likeness (QED) is 0.484. The van der Waals surface area contributed by atoms with Gasteiger partial charge in [0, 0.05) is 19.8 Å². The number of morpholine rings is 1. The van der Waals surface area contributed by atoms with Crippen LogP contribution in [0.4, 0.5) is 0 Å². The maximum atomic E-state index is 11.6. The maximum Gasteiger partial charge on any atom is 0.325 e. The van der Waals surface area contributed by atoms with E-state index in [-0.39, 0.29) is 18.3 Å². The lowest BCUT2D eigenvalue weighted by Crippen LogP contribution is -2.53. The van der Waals surface area contributed by atoms with Crippen molar-refractivity contribution in [1.29, 1.82) is 0 Å². The summed E-state index contributed by atoms with van der Waals surface area (Å²) < 4.78 is 21.1. The van der Waals surface area contributed by atoms with Crippen LogP contribution >= 0.6 is 0 Å². The van der Waals surface area contributed by atoms with Gasteiger partial charge in [0.05, 0.1) is 26.9 Å². The highest BCUT2D eigenvalue weighted by molar-refractivity contribution is 5.75. The SMILES string of the molecule is CCOC(CN1CCOCC1C(=O)OC)OCC. The Kier molecular flexibility index (Phi) is 7.19. The second-order valence-electron chi connectivity index (χ2n) is 3.95. The first-order chi connectivity index (χ1) is 8.72. The average molecular weight is 261 g/mol. The van der Waals surface area contributed by atoms with Crippen molar-refractivity contribution in [3.8, 4) is 0 Å². The molecule has 18 heavy (non-hydrogen) atoms. The van der Waals surface area contributed by atoms with E-state index in [1.807, 2.05) is 18.7 Å². The van der Waals surface area contributed by atoms with E-state index in [2.05, 4.69) is 0 Å². The molecule has 1 saturated heterocycles. The minimum Gasteiger partial charge on any atom is -0.468 e. The Labute approximate surface area is 108 Å². The van der Waals surface area contributed by atoms with Crippen LogP contribution in [0.1, 0.15) is 13.8 Å². The predicted molar refractivity (Wildman–Crippen MR) is 65.2 cm³/mol. The summed E-state index contributed by atoms with van der Waals surface area (Å²) in [5.74, 6) is -0.276. The number of ether oxygens (including phenoxy) is 4. The molecule has 0 N–H and O–H groups in total. The molecule has 6 heteroatoms. The van der Waals surface area contributed by atoms with E-state index < -0.39 is 0 Å². The number of hydrogen-bond acceptors (Lipinski definition) is 6. The van der Waals surface area contributed by atoms with Crippen LogP contribution in [0.2, 0.25) is 0 Å². The summed E-state index contributed by atoms with van der Waals surface area (Å²) in [7, 11) is 1.39. The van der Waals surface area contributed by atoms with Gasteiger partial charge in [0.15, 0.2) is 6.29 Å². The van der Waals surface area contributed by atoms with Gasteiger partial charge in [-0.05, 0) is 13.8 Å². The largest absolute Gasteiger partial charge is 0.468 e. The van der Waals surface area contributed by atoms with E-state index in [1.54, 1.807) is 0 Å². The fraction of sp³-hybridized carbons (Fsp3) is 0.917. The molecule has 1 aliphatic heterocycles. The monoisotopic (exact) mass is 261 g/mol. The normalized spacial score (nSPS) is 21.2. The van der Waals surface area contributed by atoms with Crippen molar-refractivity contribution >= 4 is 5.97 Å². The molecule has 1 heterocycles. The van der Waals surface area contributed by atoms with Crippen molar-refractivity contribution in [2.75, 3.05) is 46.6 Å². The van der Waals surface area contributed by atoms with Crippen molar-refractivity contribution in [3.05, 3.63) is 0 Å². The number of carbonyl (C=O) groups is 1. The van der Waals surface area contributed by atoms with Gasteiger partial charge in [-0.3, -0.25) is 9.69 Å². The molecule has 6 nitrogen and oxygen atoms in total. The molecule has 0 bridgehead atoms. The van der Waals surface area contributed by atoms with E-state index >= 15 is 0 Å². The number of esters is 1. The predicted octanol–water partition coefficient (Wildman–Crippen LogP) is 0.259. The molecular weight excluding hydrogens is 238 g/mol. The highest BCUT2D eigenvalue weighted by atomic mass is 16.7. The Morgan fingerprint density at radius 1 is 1.39 bits per heavy atom. The van der Waals surface area contributed by atoms with E-state index in [1.165, 1.54) is 7.11 Å². The highest BCUT2D eigenvalue weighted by Crippen LogP contribution is 2.11. The molecule has 0 aromatic heterocycles. The fourth-order valence-electron chi connectivity index (χ4n) is 1.93. The van der Waals surface area contributed by atoms with Gasteiger partial charge in [0.1, 0.15) is 6.04 Å². The summed E-state index contributed by atoms with van der Waals surface area (Å²) in [6.07, 6.45) is -0.315. The summed E-state index contributed by atoms with van der Waals surface area (Å²) in [5.41, 5.74) is 0. The molecule has 1 unspecified atom stereocenters. The molecule has 0 amide bonds. The second-order valence-corrected chi connectivity index (χ2v) is 3.95. The summed E-state index contributed by atoms with van der Waals surface area (Å²) in [5, 5.41) is 0. The molecule has 106 valence electrons. The van der Waals surface area contributed by atoms with Gasteiger partial charge in [-0.15, -0.1) is 0 Å². The van der Waals surface area contributed by atoms with Gasteiger partial charge in [0.25, 0.3) is 0 Å². The van der Waals surface area contributed by atoms with Gasteiger partial charge in [-0.25, -0.2) is 0 Å². The van der Waals surface area contributed by atoms with Gasteiger partial charge < -0.3 is 18.9 Å². The lowest BCUT2D eigenvalue weighted by molar-refractivity contribution is -0.171. The molecule has 0 radical (unpaired) electrons. The summed E-state index contributed by atoms with van der Waals surface area (Å²) >= 11 is 0. The van der Waals surface area contributed by atoms with Crippen molar-refractivity contribution in [3.63, 3.8) is 0 Å². The Morgan fingerprint density at radius 2 is 2.06 bits per heavy atom. The van der Waals surface area contributed by atoms with Crippen LogP contribution < -0.4 is 0 Å². The molecule has 1 aliphatic rings. The zero-order chi connectivity index (χ0) is 13.4. The van der Waals surface area contributed by atoms with Gasteiger partial charge in [0.2, 0.25) is 0 Å². The third-order valence-electron chi connectivity index (χ3n) is 2.80. The summed E-state index contributed by atoms with van der Waals surface area (Å²) in [6, 6.07) is -0.368. The smallest absolute Gasteiger partial charge is 0.325 e. The van der Waals surface area contributed by atoms with Crippen LogP contribution in [0.3, 0.4) is 0 Å². The van der Waals surface area contributed by atoms with Gasteiger partial charge >= 0.3 is 5.97 Å². The first-order valence-electron chi connectivity index (χ1n) is 6.35. The molecule has 0 aromatic rings. The molecule has 1 fully saturated rings. The van der Waals surface area contributed by atoms with Crippen molar-refractivity contribution in [2.24, 2.45) is 0 Å². The van der Waals surface area contributed by atoms with Crippen LogP contribution in [0.25, 0.3) is 0 Å². The lowest BCUT2D eigenvalue weighted by Gasteiger charge is -2.35. The first kappa shape index (κ1) is 15.4. The first-order valence-corrected chi connectivity index (χ1v) is 6.35. The van der Waals surface area contributed by atoms with E-state index in [0.717, 1.165) is 0 Å². The number of methoxy groups -OCH3 is 1. The topological polar surface area (TPSA) is 57.2 Å². The van der Waals surface area contributed by atoms with Crippen LogP contribution in [-0.4, -0.2) is 69.8 Å². The van der Waals surface area contributed by atoms with Crippen LogP contribution in [0, 0.1) is 0 Å². The molecular formula is C12H23NO5. The minimum atomic E-state index is -0.368. The Balaban J connectivity index is 2.56. The van der Waals surface area contributed by atoms with Crippen molar-refractivity contribution in [1.82, 2.24) is 4.90 Å². The van der Waals surface area contributed by atoms with Gasteiger partial charge in [-0.1, -0.05) is 0 Å². The molecule has 0 saturated carbocycles. The Hall–Kier alpha value is -0.690. The zero-order valence-electron chi connectivity index (χ0n) is 11.4. The zero-order valence-corrected chi connectivity index (χ0v) is 11.4. The molecule has 0 aliphatic carbocycles. The van der Waals surface area contributed by atoms with Crippen LogP contribution in [-0.2, 0) is 23.7 Å². The average Bonchev–Trinajstić information content (AvgIpc) is 2.39. The fourth-order valence-corrected chi connectivity index (χ4v) is 1.93. The standard InChI is InChI=1S/C12H23NO5/c1-4-17-11(18-5-2)8-13-6-7-16-9-10(13)12(14)15-3/h10-11H,4-9H2,1-3H3. The summed E-state index contributed by atoms with van der Waals surface area (Å²) in [4.78, 5) is 13.6. The van der Waals surface area contributed by atoms with Crippen molar-refractivity contribution in [2.45, 2.75) is 26.2 Å². The summed E-state index contributed by atoms with van der Waals surface area (Å²) in [6.45, 7) is 7.19. The third-order valence-corrected chi connectivity index (χ3v) is 2.80. The molecule has 1 rings (SSSR count). The molecule has 1 atom stereocenters. The van der Waals surface area contributed by atoms with Crippen LogP contribution in [0.5, 0.6) is 0 Å². The lowest BCUT2D eigenvalue weighted by atomic mass is 10.2. The Bertz CT molecular complexity index is 243. The number of carbonyl (C=O) groups excluding carboxylic acids is 1. The van der Waals surface area contributed by atoms with Gasteiger partial charge in [-0.2, -0.15) is 0 Å². The highest BCUT2D eigenvalue weighted by Gasteiger charge is 2.32. The minimum absolute atomic E-state index is 0.276. The van der Waals surface area contributed by atoms with E-state index in [4.69, 9.17) is 18.9 Å². The van der Waals surface area contributed by atoms with Crippen LogP contribution in [0.15, 0.2) is 0 Å². The third kappa shape index (κ3) is 4.53. The molecule has 0 aromatic carbocycles. The number of nitrogens with zero attached hydrogens (tertiary/aromatic N) is 1.